The molecule has 0 saturated carbocycles. The maximum atomic E-state index is 4.53. The lowest BCUT2D eigenvalue weighted by Gasteiger charge is -2.16. The average Bonchev–Trinajstić information content (AvgIpc) is 2.44. The molecule has 0 bridgehead atoms. The average molecular weight is 258 g/mol. The molecule has 4 heteroatoms. The molecule has 0 amide bonds. The lowest BCUT2D eigenvalue weighted by molar-refractivity contribution is 0.455. The minimum absolute atomic E-state index is 0.646. The second kappa shape index (κ2) is 4.03. The summed E-state index contributed by atoms with van der Waals surface area (Å²) in [5.41, 5.74) is 2.75. The fourth-order valence-electron chi connectivity index (χ4n) is 1.86. The van der Waals surface area contributed by atoms with Gasteiger partial charge in [0.2, 0.25) is 0 Å². The van der Waals surface area contributed by atoms with Crippen LogP contribution in [-0.4, -0.2) is 16.3 Å². The van der Waals surface area contributed by atoms with Crippen molar-refractivity contribution in [2.45, 2.75) is 33.4 Å². The molecular formula is C10H16BrN3. The number of nitrogens with one attached hydrogen (secondary N) is 1. The molecule has 1 aromatic heterocycles. The molecule has 0 spiro atoms. The first-order valence-electron chi connectivity index (χ1n) is 5.13. The molecule has 2 heterocycles. The summed E-state index contributed by atoms with van der Waals surface area (Å²) in [6.45, 7) is 7.48. The Balaban J connectivity index is 2.31. The molecular weight excluding hydrogens is 242 g/mol. The summed E-state index contributed by atoms with van der Waals surface area (Å²) in [7, 11) is 0. The van der Waals surface area contributed by atoms with Gasteiger partial charge in [-0.15, -0.1) is 0 Å². The summed E-state index contributed by atoms with van der Waals surface area (Å²) in [4.78, 5) is 0. The number of fused-ring (bicyclic) bond motifs is 1. The summed E-state index contributed by atoms with van der Waals surface area (Å²) in [6, 6.07) is 0. The summed E-state index contributed by atoms with van der Waals surface area (Å²) in [5.74, 6) is 0.646. The van der Waals surface area contributed by atoms with Crippen LogP contribution in [0, 0.1) is 5.92 Å². The van der Waals surface area contributed by atoms with Crippen LogP contribution in [0.3, 0.4) is 0 Å². The van der Waals surface area contributed by atoms with Crippen LogP contribution in [0.25, 0.3) is 0 Å². The predicted octanol–water partition coefficient (Wildman–Crippen LogP) is 1.95. The minimum Gasteiger partial charge on any atom is -0.311 e. The van der Waals surface area contributed by atoms with Gasteiger partial charge < -0.3 is 5.32 Å². The Labute approximate surface area is 93.0 Å². The van der Waals surface area contributed by atoms with E-state index >= 15 is 0 Å². The Morgan fingerprint density at radius 2 is 2.36 bits per heavy atom. The van der Waals surface area contributed by atoms with E-state index in [1.165, 1.54) is 11.3 Å². The molecule has 2 rings (SSSR count). The molecule has 0 fully saturated rings. The predicted molar refractivity (Wildman–Crippen MR) is 60.2 cm³/mol. The quantitative estimate of drug-likeness (QED) is 0.878. The maximum Gasteiger partial charge on any atom is 0.131 e. The molecule has 0 aromatic carbocycles. The van der Waals surface area contributed by atoms with Crippen LogP contribution in [-0.2, 0) is 19.5 Å². The zero-order valence-corrected chi connectivity index (χ0v) is 10.3. The van der Waals surface area contributed by atoms with Crippen LogP contribution in [0.4, 0.5) is 0 Å². The molecule has 0 radical (unpaired) electrons. The van der Waals surface area contributed by atoms with Gasteiger partial charge in [0.05, 0.1) is 5.69 Å². The third-order valence-electron chi connectivity index (χ3n) is 2.50. The number of hydrogen-bond acceptors (Lipinski definition) is 2. The number of hydrogen-bond donors (Lipinski definition) is 1. The van der Waals surface area contributed by atoms with Gasteiger partial charge in [0.25, 0.3) is 0 Å². The van der Waals surface area contributed by atoms with Gasteiger partial charge in [-0.25, -0.2) is 0 Å². The van der Waals surface area contributed by atoms with Crippen LogP contribution in [0.15, 0.2) is 4.60 Å². The lowest BCUT2D eigenvalue weighted by atomic mass is 10.1. The molecule has 78 valence electrons. The largest absolute Gasteiger partial charge is 0.311 e. The molecule has 0 saturated heterocycles. The zero-order chi connectivity index (χ0) is 10.1. The van der Waals surface area contributed by atoms with Crippen LogP contribution in [0.5, 0.6) is 0 Å². The Kier molecular flexibility index (Phi) is 2.93. The summed E-state index contributed by atoms with van der Waals surface area (Å²) in [6.07, 6.45) is 1.09. The van der Waals surface area contributed by atoms with E-state index in [0.29, 0.717) is 5.92 Å². The second-order valence-corrected chi connectivity index (χ2v) is 4.97. The van der Waals surface area contributed by atoms with Crippen LogP contribution < -0.4 is 5.32 Å². The Bertz CT molecular complexity index is 330. The smallest absolute Gasteiger partial charge is 0.131 e. The first-order valence-corrected chi connectivity index (χ1v) is 5.92. The van der Waals surface area contributed by atoms with Crippen molar-refractivity contribution >= 4 is 15.9 Å². The van der Waals surface area contributed by atoms with Gasteiger partial charge in [-0.2, -0.15) is 5.10 Å². The molecule has 0 aliphatic carbocycles. The van der Waals surface area contributed by atoms with Crippen molar-refractivity contribution in [3.8, 4) is 0 Å². The van der Waals surface area contributed by atoms with Crippen molar-refractivity contribution in [2.24, 2.45) is 5.92 Å². The first kappa shape index (κ1) is 10.2. The molecule has 0 atom stereocenters. The molecule has 0 unspecified atom stereocenters. The van der Waals surface area contributed by atoms with Crippen LogP contribution in [0.1, 0.15) is 25.1 Å². The number of halogens is 1. The van der Waals surface area contributed by atoms with Gasteiger partial charge in [-0.3, -0.25) is 4.68 Å². The van der Waals surface area contributed by atoms with E-state index in [-0.39, 0.29) is 0 Å². The number of nitrogens with zero attached hydrogens (tertiary/aromatic N) is 2. The molecule has 1 aliphatic rings. The fourth-order valence-corrected chi connectivity index (χ4v) is 2.48. The highest BCUT2D eigenvalue weighted by molar-refractivity contribution is 9.10. The van der Waals surface area contributed by atoms with Gasteiger partial charge >= 0.3 is 0 Å². The molecule has 1 aliphatic heterocycles. The molecule has 14 heavy (non-hydrogen) atoms. The topological polar surface area (TPSA) is 29.9 Å². The summed E-state index contributed by atoms with van der Waals surface area (Å²) >= 11 is 3.53. The first-order chi connectivity index (χ1) is 6.68. The maximum absolute atomic E-state index is 4.53. The van der Waals surface area contributed by atoms with Crippen molar-refractivity contribution in [3.05, 3.63) is 15.9 Å². The minimum atomic E-state index is 0.646. The zero-order valence-electron chi connectivity index (χ0n) is 8.68. The number of rotatable bonds is 2. The van der Waals surface area contributed by atoms with E-state index in [0.717, 1.165) is 30.7 Å². The van der Waals surface area contributed by atoms with Crippen molar-refractivity contribution in [1.29, 1.82) is 0 Å². The normalized spacial score (nSPS) is 16.0. The van der Waals surface area contributed by atoms with Gasteiger partial charge in [-0.05, 0) is 34.8 Å². The van der Waals surface area contributed by atoms with Crippen LogP contribution in [0.2, 0.25) is 0 Å². The van der Waals surface area contributed by atoms with Gasteiger partial charge in [0, 0.05) is 18.7 Å². The van der Waals surface area contributed by atoms with E-state index in [1.54, 1.807) is 0 Å². The van der Waals surface area contributed by atoms with Gasteiger partial charge in [0.15, 0.2) is 0 Å². The Morgan fingerprint density at radius 3 is 3.07 bits per heavy atom. The monoisotopic (exact) mass is 257 g/mol. The third-order valence-corrected chi connectivity index (χ3v) is 3.14. The summed E-state index contributed by atoms with van der Waals surface area (Å²) < 4.78 is 3.17. The molecule has 3 nitrogen and oxygen atoms in total. The van der Waals surface area contributed by atoms with Gasteiger partial charge in [0.1, 0.15) is 4.60 Å². The fraction of sp³-hybridized carbons (Fsp3) is 0.700. The number of aromatic nitrogens is 2. The highest BCUT2D eigenvalue weighted by Crippen LogP contribution is 2.23. The van der Waals surface area contributed by atoms with Crippen molar-refractivity contribution in [3.63, 3.8) is 0 Å². The SMILES string of the molecule is CC(C)Cn1nc(Br)c2c1CNCC2. The second-order valence-electron chi connectivity index (χ2n) is 4.22. The van der Waals surface area contributed by atoms with E-state index in [9.17, 15) is 0 Å². The Hall–Kier alpha value is -0.350. The summed E-state index contributed by atoms with van der Waals surface area (Å²) in [5, 5.41) is 7.91. The highest BCUT2D eigenvalue weighted by atomic mass is 79.9. The van der Waals surface area contributed by atoms with Crippen molar-refractivity contribution in [1.82, 2.24) is 15.1 Å². The molecule has 1 N–H and O–H groups in total. The van der Waals surface area contributed by atoms with E-state index < -0.39 is 0 Å². The van der Waals surface area contributed by atoms with Crippen LogP contribution >= 0.6 is 15.9 Å². The highest BCUT2D eigenvalue weighted by Gasteiger charge is 2.19. The third kappa shape index (κ3) is 1.86. The van der Waals surface area contributed by atoms with Crippen molar-refractivity contribution in [2.75, 3.05) is 6.54 Å². The lowest BCUT2D eigenvalue weighted by Crippen LogP contribution is -2.25. The molecule has 1 aromatic rings. The Morgan fingerprint density at radius 1 is 1.57 bits per heavy atom. The standard InChI is InChI=1S/C10H16BrN3/c1-7(2)6-14-9-5-12-4-3-8(9)10(11)13-14/h7,12H,3-6H2,1-2H3. The van der Waals surface area contributed by atoms with E-state index in [4.69, 9.17) is 0 Å². The van der Waals surface area contributed by atoms with Gasteiger partial charge in [-0.1, -0.05) is 13.8 Å². The van der Waals surface area contributed by atoms with E-state index in [2.05, 4.69) is 44.9 Å². The van der Waals surface area contributed by atoms with E-state index in [1.807, 2.05) is 0 Å². The van der Waals surface area contributed by atoms with Crippen molar-refractivity contribution < 1.29 is 0 Å².